The number of benzene rings is 1. The second-order valence-electron chi connectivity index (χ2n) is 5.61. The lowest BCUT2D eigenvalue weighted by Crippen LogP contribution is -3.00. The average molecular weight is 306 g/mol. The lowest BCUT2D eigenvalue weighted by atomic mass is 9.84. The van der Waals surface area contributed by atoms with Crippen LogP contribution in [0.3, 0.4) is 0 Å². The van der Waals surface area contributed by atoms with Crippen LogP contribution in [0.5, 0.6) is 0 Å². The number of hydrogen-bond donors (Lipinski definition) is 1. The zero-order valence-corrected chi connectivity index (χ0v) is 13.4. The Labute approximate surface area is 132 Å². The van der Waals surface area contributed by atoms with E-state index in [1.165, 1.54) is 0 Å². The van der Waals surface area contributed by atoms with Crippen molar-refractivity contribution in [1.29, 1.82) is 0 Å². The van der Waals surface area contributed by atoms with Gasteiger partial charge in [0.2, 0.25) is 0 Å². The maximum Gasteiger partial charge on any atom is 0.169 e. The molecule has 1 heterocycles. The molecule has 1 aromatic carbocycles. The minimum Gasteiger partial charge on any atom is -1.00 e. The van der Waals surface area contributed by atoms with Crippen LogP contribution >= 0.6 is 0 Å². The minimum atomic E-state index is 0. The second-order valence-corrected chi connectivity index (χ2v) is 5.61. The van der Waals surface area contributed by atoms with Gasteiger partial charge in [-0.15, -0.1) is 0 Å². The number of nitrogens with one attached hydrogen (secondary N) is 1. The SMILES string of the molecule is CCN(CC)CC1CCc2[nH]c3ccccc3c2C1=O.[Cl-]. The van der Waals surface area contributed by atoms with E-state index in [-0.39, 0.29) is 18.3 Å². The molecule has 1 atom stereocenters. The van der Waals surface area contributed by atoms with E-state index in [1.54, 1.807) is 0 Å². The predicted octanol–water partition coefficient (Wildman–Crippen LogP) is 0.259. The van der Waals surface area contributed by atoms with Crippen LogP contribution in [-0.2, 0) is 6.42 Å². The zero-order valence-electron chi connectivity index (χ0n) is 12.7. The summed E-state index contributed by atoms with van der Waals surface area (Å²) in [4.78, 5) is 18.6. The number of para-hydroxylation sites is 1. The van der Waals surface area contributed by atoms with Crippen molar-refractivity contribution in [2.45, 2.75) is 26.7 Å². The Bertz CT molecular complexity index is 631. The molecule has 1 aliphatic rings. The summed E-state index contributed by atoms with van der Waals surface area (Å²) in [5.41, 5.74) is 3.17. The number of aryl methyl sites for hydroxylation is 1. The molecule has 21 heavy (non-hydrogen) atoms. The maximum atomic E-state index is 12.8. The summed E-state index contributed by atoms with van der Waals surface area (Å²) >= 11 is 0. The average Bonchev–Trinajstić information content (AvgIpc) is 2.86. The van der Waals surface area contributed by atoms with Gasteiger partial charge in [0.05, 0.1) is 0 Å². The summed E-state index contributed by atoms with van der Waals surface area (Å²) in [7, 11) is 0. The van der Waals surface area contributed by atoms with E-state index in [1.807, 2.05) is 12.1 Å². The Morgan fingerprint density at radius 1 is 1.24 bits per heavy atom. The van der Waals surface area contributed by atoms with Crippen molar-refractivity contribution in [3.63, 3.8) is 0 Å². The van der Waals surface area contributed by atoms with Gasteiger partial charge in [0.15, 0.2) is 5.78 Å². The highest BCUT2D eigenvalue weighted by atomic mass is 35.5. The monoisotopic (exact) mass is 305 g/mol. The molecule has 1 aromatic heterocycles. The smallest absolute Gasteiger partial charge is 0.169 e. The summed E-state index contributed by atoms with van der Waals surface area (Å²) in [5, 5.41) is 1.09. The molecule has 0 radical (unpaired) electrons. The van der Waals surface area contributed by atoms with E-state index in [0.717, 1.165) is 54.6 Å². The zero-order chi connectivity index (χ0) is 14.1. The third kappa shape index (κ3) is 2.85. The van der Waals surface area contributed by atoms with Crippen molar-refractivity contribution in [2.75, 3.05) is 19.6 Å². The lowest BCUT2D eigenvalue weighted by molar-refractivity contribution is -0.0000128. The van der Waals surface area contributed by atoms with Crippen LogP contribution in [0.15, 0.2) is 24.3 Å². The summed E-state index contributed by atoms with van der Waals surface area (Å²) in [6, 6.07) is 8.14. The molecule has 4 heteroatoms. The Morgan fingerprint density at radius 2 is 1.95 bits per heavy atom. The normalized spacial score (nSPS) is 17.9. The molecule has 0 bridgehead atoms. The topological polar surface area (TPSA) is 36.1 Å². The Morgan fingerprint density at radius 3 is 2.67 bits per heavy atom. The van der Waals surface area contributed by atoms with Crippen LogP contribution in [0, 0.1) is 5.92 Å². The van der Waals surface area contributed by atoms with Gasteiger partial charge in [-0.1, -0.05) is 32.0 Å². The van der Waals surface area contributed by atoms with E-state index in [4.69, 9.17) is 0 Å². The quantitative estimate of drug-likeness (QED) is 0.879. The van der Waals surface area contributed by atoms with Gasteiger partial charge in [0.25, 0.3) is 0 Å². The molecule has 1 unspecified atom stereocenters. The highest BCUT2D eigenvalue weighted by Crippen LogP contribution is 2.32. The fraction of sp³-hybridized carbons (Fsp3) is 0.471. The van der Waals surface area contributed by atoms with Gasteiger partial charge < -0.3 is 22.3 Å². The van der Waals surface area contributed by atoms with E-state index >= 15 is 0 Å². The van der Waals surface area contributed by atoms with Crippen LogP contribution in [0.2, 0.25) is 0 Å². The number of carbonyl (C=O) groups excluding carboxylic acids is 1. The molecule has 114 valence electrons. The molecule has 0 amide bonds. The number of halogens is 1. The number of fused-ring (bicyclic) bond motifs is 3. The van der Waals surface area contributed by atoms with Crippen molar-refractivity contribution in [3.8, 4) is 0 Å². The molecule has 1 N–H and O–H groups in total. The van der Waals surface area contributed by atoms with Gasteiger partial charge in [0, 0.05) is 34.6 Å². The first-order valence-electron chi connectivity index (χ1n) is 7.60. The van der Waals surface area contributed by atoms with Crippen LogP contribution < -0.4 is 12.4 Å². The minimum absolute atomic E-state index is 0. The van der Waals surface area contributed by atoms with Gasteiger partial charge >= 0.3 is 0 Å². The molecule has 3 rings (SSSR count). The molecule has 0 saturated carbocycles. The van der Waals surface area contributed by atoms with Crippen LogP contribution in [0.4, 0.5) is 0 Å². The number of aromatic nitrogens is 1. The molecule has 3 nitrogen and oxygen atoms in total. The fourth-order valence-electron chi connectivity index (χ4n) is 3.29. The Kier molecular flexibility index (Phi) is 5.07. The molecular formula is C17H22ClN2O-. The largest absolute Gasteiger partial charge is 1.00 e. The lowest BCUT2D eigenvalue weighted by Gasteiger charge is -2.27. The number of hydrogen-bond acceptors (Lipinski definition) is 2. The summed E-state index contributed by atoms with van der Waals surface area (Å²) in [6.07, 6.45) is 1.96. The number of ketones is 1. The van der Waals surface area contributed by atoms with E-state index in [0.29, 0.717) is 5.78 Å². The molecule has 0 fully saturated rings. The molecule has 1 aliphatic carbocycles. The molecule has 0 aliphatic heterocycles. The highest BCUT2D eigenvalue weighted by molar-refractivity contribution is 6.11. The third-order valence-electron chi connectivity index (χ3n) is 4.52. The molecular weight excluding hydrogens is 284 g/mol. The Hall–Kier alpha value is -1.32. The molecule has 0 spiro atoms. The van der Waals surface area contributed by atoms with E-state index in [2.05, 4.69) is 35.9 Å². The summed E-state index contributed by atoms with van der Waals surface area (Å²) in [6.45, 7) is 7.24. The van der Waals surface area contributed by atoms with Crippen LogP contribution in [0.25, 0.3) is 10.9 Å². The highest BCUT2D eigenvalue weighted by Gasteiger charge is 2.31. The standard InChI is InChI=1S/C17H22N2O.ClH/c1-3-19(4-2)11-12-9-10-15-16(17(12)20)13-7-5-6-8-14(13)18-15;/h5-8,12,18H,3-4,9-11H2,1-2H3;1H/p-1. The number of carbonyl (C=O) groups is 1. The van der Waals surface area contributed by atoms with E-state index in [9.17, 15) is 4.79 Å². The van der Waals surface area contributed by atoms with Crippen molar-refractivity contribution in [1.82, 2.24) is 9.88 Å². The fourth-order valence-corrected chi connectivity index (χ4v) is 3.29. The first kappa shape index (κ1) is 16.1. The van der Waals surface area contributed by atoms with E-state index < -0.39 is 0 Å². The Balaban J connectivity index is 0.00000161. The summed E-state index contributed by atoms with van der Waals surface area (Å²) in [5.74, 6) is 0.484. The number of rotatable bonds is 4. The van der Waals surface area contributed by atoms with Gasteiger partial charge in [0.1, 0.15) is 0 Å². The van der Waals surface area contributed by atoms with Gasteiger partial charge in [-0.05, 0) is 32.0 Å². The van der Waals surface area contributed by atoms with Crippen molar-refractivity contribution >= 4 is 16.7 Å². The molecule has 0 saturated heterocycles. The number of aromatic amines is 1. The van der Waals surface area contributed by atoms with Crippen molar-refractivity contribution in [2.24, 2.45) is 5.92 Å². The van der Waals surface area contributed by atoms with Crippen molar-refractivity contribution in [3.05, 3.63) is 35.5 Å². The first-order valence-corrected chi connectivity index (χ1v) is 7.60. The number of H-pyrrole nitrogens is 1. The van der Waals surface area contributed by atoms with Crippen LogP contribution in [-0.4, -0.2) is 35.3 Å². The first-order chi connectivity index (χ1) is 9.74. The van der Waals surface area contributed by atoms with Gasteiger partial charge in [-0.2, -0.15) is 0 Å². The van der Waals surface area contributed by atoms with Gasteiger partial charge in [-0.25, -0.2) is 0 Å². The predicted molar refractivity (Wildman–Crippen MR) is 82.2 cm³/mol. The molecule has 2 aromatic rings. The third-order valence-corrected chi connectivity index (χ3v) is 4.52. The summed E-state index contributed by atoms with van der Waals surface area (Å²) < 4.78 is 0. The van der Waals surface area contributed by atoms with Crippen LogP contribution in [0.1, 0.15) is 36.3 Å². The second kappa shape index (κ2) is 6.63. The number of Topliss-reactive ketones (excluding diaryl/α,β-unsaturated/α-hetero) is 1. The maximum absolute atomic E-state index is 12.8. The number of nitrogens with zero attached hydrogens (tertiary/aromatic N) is 1. The van der Waals surface area contributed by atoms with Crippen molar-refractivity contribution < 1.29 is 17.2 Å². The van der Waals surface area contributed by atoms with Gasteiger partial charge in [-0.3, -0.25) is 4.79 Å².